The van der Waals surface area contributed by atoms with Crippen LogP contribution in [0.3, 0.4) is 0 Å². The summed E-state index contributed by atoms with van der Waals surface area (Å²) in [4.78, 5) is 12.8. The molecule has 0 spiro atoms. The van der Waals surface area contributed by atoms with E-state index in [0.717, 1.165) is 10.1 Å². The summed E-state index contributed by atoms with van der Waals surface area (Å²) in [5.74, 6) is -0.116. The van der Waals surface area contributed by atoms with Crippen molar-refractivity contribution in [2.75, 3.05) is 6.61 Å². The maximum absolute atomic E-state index is 12.1. The maximum Gasteiger partial charge on any atom is 0.261 e. The average Bonchev–Trinajstić information content (AvgIpc) is 2.82. The SMILES string of the molecule is CCC(C)(CO)NC(=O)c1cc2ccccc2s1. The van der Waals surface area contributed by atoms with Gasteiger partial charge in [0.25, 0.3) is 5.91 Å². The Morgan fingerprint density at radius 2 is 2.17 bits per heavy atom. The molecule has 96 valence electrons. The predicted molar refractivity (Wildman–Crippen MR) is 75.1 cm³/mol. The Bertz CT molecular complexity index is 525. The number of fused-ring (bicyclic) bond motifs is 1. The standard InChI is InChI=1S/C14H17NO2S/c1-3-14(2,9-16)15-13(17)12-8-10-6-4-5-7-11(10)18-12/h4-8,16H,3,9H2,1-2H3,(H,15,17). The second kappa shape index (κ2) is 5.08. The number of carbonyl (C=O) groups is 1. The Labute approximate surface area is 110 Å². The van der Waals surface area contributed by atoms with Crippen molar-refractivity contribution in [3.05, 3.63) is 35.2 Å². The third-order valence-electron chi connectivity index (χ3n) is 3.19. The van der Waals surface area contributed by atoms with Gasteiger partial charge < -0.3 is 10.4 Å². The molecule has 1 aromatic carbocycles. The number of aliphatic hydroxyl groups is 1. The molecule has 1 atom stereocenters. The Morgan fingerprint density at radius 3 is 2.78 bits per heavy atom. The van der Waals surface area contributed by atoms with Gasteiger partial charge in [-0.25, -0.2) is 0 Å². The second-order valence-corrected chi connectivity index (χ2v) is 5.76. The van der Waals surface area contributed by atoms with E-state index in [0.29, 0.717) is 11.3 Å². The van der Waals surface area contributed by atoms with Crippen molar-refractivity contribution in [3.8, 4) is 0 Å². The zero-order valence-corrected chi connectivity index (χ0v) is 11.4. The van der Waals surface area contributed by atoms with Crippen LogP contribution in [0.15, 0.2) is 30.3 Å². The first-order valence-electron chi connectivity index (χ1n) is 6.00. The van der Waals surface area contributed by atoms with Crippen LogP contribution < -0.4 is 5.32 Å². The van der Waals surface area contributed by atoms with Crippen molar-refractivity contribution in [2.45, 2.75) is 25.8 Å². The number of aliphatic hydroxyl groups excluding tert-OH is 1. The molecule has 0 fully saturated rings. The van der Waals surface area contributed by atoms with E-state index in [4.69, 9.17) is 0 Å². The van der Waals surface area contributed by atoms with Crippen molar-refractivity contribution < 1.29 is 9.90 Å². The molecule has 0 aliphatic carbocycles. The van der Waals surface area contributed by atoms with Gasteiger partial charge in [-0.15, -0.1) is 11.3 Å². The molecule has 0 bridgehead atoms. The van der Waals surface area contributed by atoms with Gasteiger partial charge in [0.2, 0.25) is 0 Å². The van der Waals surface area contributed by atoms with Gasteiger partial charge in [0.15, 0.2) is 0 Å². The minimum absolute atomic E-state index is 0.0554. The number of thiophene rings is 1. The molecule has 2 aromatic rings. The van der Waals surface area contributed by atoms with Crippen molar-refractivity contribution in [1.82, 2.24) is 5.32 Å². The largest absolute Gasteiger partial charge is 0.394 e. The minimum Gasteiger partial charge on any atom is -0.394 e. The summed E-state index contributed by atoms with van der Waals surface area (Å²) in [5.41, 5.74) is -0.548. The van der Waals surface area contributed by atoms with E-state index in [2.05, 4.69) is 5.32 Å². The summed E-state index contributed by atoms with van der Waals surface area (Å²) in [6, 6.07) is 9.81. The zero-order valence-electron chi connectivity index (χ0n) is 10.6. The monoisotopic (exact) mass is 263 g/mol. The van der Waals surface area contributed by atoms with Crippen LogP contribution in [-0.4, -0.2) is 23.2 Å². The van der Waals surface area contributed by atoms with Crippen LogP contribution in [0.4, 0.5) is 0 Å². The van der Waals surface area contributed by atoms with Gasteiger partial charge in [0.05, 0.1) is 17.0 Å². The van der Waals surface area contributed by atoms with Gasteiger partial charge in [-0.3, -0.25) is 4.79 Å². The van der Waals surface area contributed by atoms with Gasteiger partial charge in [-0.05, 0) is 30.9 Å². The lowest BCUT2D eigenvalue weighted by molar-refractivity contribution is 0.0851. The summed E-state index contributed by atoms with van der Waals surface area (Å²) in [6.45, 7) is 3.74. The molecule has 0 aliphatic rings. The molecule has 2 N–H and O–H groups in total. The highest BCUT2D eigenvalue weighted by Gasteiger charge is 2.24. The molecule has 0 radical (unpaired) electrons. The highest BCUT2D eigenvalue weighted by Crippen LogP contribution is 2.25. The molecule has 2 rings (SSSR count). The van der Waals surface area contributed by atoms with Gasteiger partial charge in [0.1, 0.15) is 0 Å². The van der Waals surface area contributed by atoms with Crippen molar-refractivity contribution in [3.63, 3.8) is 0 Å². The van der Waals surface area contributed by atoms with E-state index >= 15 is 0 Å². The van der Waals surface area contributed by atoms with Gasteiger partial charge in [0, 0.05) is 4.70 Å². The third-order valence-corrected chi connectivity index (χ3v) is 4.31. The molecule has 1 amide bonds. The fourth-order valence-electron chi connectivity index (χ4n) is 1.67. The van der Waals surface area contributed by atoms with E-state index in [-0.39, 0.29) is 12.5 Å². The van der Waals surface area contributed by atoms with Gasteiger partial charge >= 0.3 is 0 Å². The van der Waals surface area contributed by atoms with Crippen molar-refractivity contribution in [2.24, 2.45) is 0 Å². The van der Waals surface area contributed by atoms with Crippen LogP contribution in [-0.2, 0) is 0 Å². The topological polar surface area (TPSA) is 49.3 Å². The summed E-state index contributed by atoms with van der Waals surface area (Å²) in [6.07, 6.45) is 0.695. The van der Waals surface area contributed by atoms with E-state index < -0.39 is 5.54 Å². The van der Waals surface area contributed by atoms with Gasteiger partial charge in [-0.1, -0.05) is 25.1 Å². The zero-order chi connectivity index (χ0) is 13.2. The summed E-state index contributed by atoms with van der Waals surface area (Å²) < 4.78 is 1.10. The van der Waals surface area contributed by atoms with Crippen LogP contribution >= 0.6 is 11.3 Å². The highest BCUT2D eigenvalue weighted by atomic mass is 32.1. The van der Waals surface area contributed by atoms with Crippen LogP contribution in [0.2, 0.25) is 0 Å². The molecular formula is C14H17NO2S. The molecular weight excluding hydrogens is 246 g/mol. The fraction of sp³-hybridized carbons (Fsp3) is 0.357. The van der Waals surface area contributed by atoms with Crippen LogP contribution in [0, 0.1) is 0 Å². The van der Waals surface area contributed by atoms with E-state index in [1.165, 1.54) is 11.3 Å². The third kappa shape index (κ3) is 2.54. The van der Waals surface area contributed by atoms with Crippen LogP contribution in [0.25, 0.3) is 10.1 Å². The Morgan fingerprint density at radius 1 is 1.44 bits per heavy atom. The van der Waals surface area contributed by atoms with E-state index in [1.807, 2.05) is 44.2 Å². The molecule has 0 aliphatic heterocycles. The quantitative estimate of drug-likeness (QED) is 0.891. The minimum atomic E-state index is -0.548. The van der Waals surface area contributed by atoms with Crippen LogP contribution in [0.1, 0.15) is 29.9 Å². The Balaban J connectivity index is 2.23. The number of nitrogens with one attached hydrogen (secondary N) is 1. The smallest absolute Gasteiger partial charge is 0.261 e. The fourth-order valence-corrected chi connectivity index (χ4v) is 2.63. The summed E-state index contributed by atoms with van der Waals surface area (Å²) in [7, 11) is 0. The molecule has 0 saturated heterocycles. The highest BCUT2D eigenvalue weighted by molar-refractivity contribution is 7.20. The molecule has 1 heterocycles. The maximum atomic E-state index is 12.1. The first-order valence-corrected chi connectivity index (χ1v) is 6.81. The lowest BCUT2D eigenvalue weighted by Crippen LogP contribution is -2.48. The van der Waals surface area contributed by atoms with Gasteiger partial charge in [-0.2, -0.15) is 0 Å². The lowest BCUT2D eigenvalue weighted by Gasteiger charge is -2.26. The number of benzene rings is 1. The second-order valence-electron chi connectivity index (χ2n) is 4.67. The van der Waals surface area contributed by atoms with E-state index in [9.17, 15) is 9.90 Å². The van der Waals surface area contributed by atoms with E-state index in [1.54, 1.807) is 0 Å². The number of hydrogen-bond acceptors (Lipinski definition) is 3. The van der Waals surface area contributed by atoms with Crippen molar-refractivity contribution >= 4 is 27.3 Å². The Kier molecular flexibility index (Phi) is 3.68. The summed E-state index contributed by atoms with van der Waals surface area (Å²) >= 11 is 1.47. The molecule has 18 heavy (non-hydrogen) atoms. The number of carbonyl (C=O) groups excluding carboxylic acids is 1. The Hall–Kier alpha value is -1.39. The molecule has 1 aromatic heterocycles. The van der Waals surface area contributed by atoms with Crippen LogP contribution in [0.5, 0.6) is 0 Å². The first kappa shape index (κ1) is 13.1. The molecule has 1 unspecified atom stereocenters. The first-order chi connectivity index (χ1) is 8.58. The number of hydrogen-bond donors (Lipinski definition) is 2. The predicted octanol–water partition coefficient (Wildman–Crippen LogP) is 2.79. The number of amides is 1. The molecule has 0 saturated carbocycles. The lowest BCUT2D eigenvalue weighted by atomic mass is 10.0. The molecule has 4 heteroatoms. The van der Waals surface area contributed by atoms with Crippen molar-refractivity contribution in [1.29, 1.82) is 0 Å². The summed E-state index contributed by atoms with van der Waals surface area (Å²) in [5, 5.41) is 13.3. The molecule has 3 nitrogen and oxygen atoms in total. The number of rotatable bonds is 4. The average molecular weight is 263 g/mol. The normalized spacial score (nSPS) is 14.4.